The molecular formula is C29H33N3O6. The number of likely N-dealkylation sites (tertiary alicyclic amines) is 1. The SMILES string of the molecule is CC(C)(C)C(C(=O)O)N1CCC2(CC1)CC(C#Cc1ccc3c(c1)C(=O)N(C1CCC(=O)NC1=O)C3=O)C2. The molecule has 1 spiro atoms. The summed E-state index contributed by atoms with van der Waals surface area (Å²) in [5, 5.41) is 11.9. The molecule has 2 N–H and O–H groups in total. The quantitative estimate of drug-likeness (QED) is 0.464. The Bertz CT molecular complexity index is 1280. The fraction of sp³-hybridized carbons (Fsp3) is 0.552. The maximum absolute atomic E-state index is 13.0. The van der Waals surface area contributed by atoms with E-state index in [1.807, 2.05) is 20.8 Å². The number of benzene rings is 1. The predicted octanol–water partition coefficient (Wildman–Crippen LogP) is 2.43. The average Bonchev–Trinajstić information content (AvgIpc) is 3.06. The van der Waals surface area contributed by atoms with Crippen molar-refractivity contribution in [3.63, 3.8) is 0 Å². The predicted molar refractivity (Wildman–Crippen MR) is 137 cm³/mol. The van der Waals surface area contributed by atoms with Crippen LogP contribution in [0.4, 0.5) is 0 Å². The van der Waals surface area contributed by atoms with Gasteiger partial charge in [-0.1, -0.05) is 32.6 Å². The third-order valence-corrected chi connectivity index (χ3v) is 8.50. The zero-order valence-electron chi connectivity index (χ0n) is 22.0. The molecule has 4 aliphatic rings. The Morgan fingerprint density at radius 2 is 1.74 bits per heavy atom. The Morgan fingerprint density at radius 1 is 1.08 bits per heavy atom. The molecule has 9 nitrogen and oxygen atoms in total. The number of amides is 4. The lowest BCUT2D eigenvalue weighted by molar-refractivity contribution is -0.150. The first-order valence-electron chi connectivity index (χ1n) is 13.2. The number of rotatable bonds is 3. The molecule has 200 valence electrons. The van der Waals surface area contributed by atoms with Gasteiger partial charge >= 0.3 is 5.97 Å². The second kappa shape index (κ2) is 9.35. The van der Waals surface area contributed by atoms with Gasteiger partial charge in [0.15, 0.2) is 0 Å². The van der Waals surface area contributed by atoms with Gasteiger partial charge in [-0.3, -0.25) is 39.1 Å². The molecule has 4 amide bonds. The van der Waals surface area contributed by atoms with Crippen molar-refractivity contribution in [3.05, 3.63) is 34.9 Å². The molecule has 0 radical (unpaired) electrons. The van der Waals surface area contributed by atoms with E-state index in [0.717, 1.165) is 43.7 Å². The first kappa shape index (κ1) is 26.1. The van der Waals surface area contributed by atoms with Crippen molar-refractivity contribution in [1.82, 2.24) is 15.1 Å². The summed E-state index contributed by atoms with van der Waals surface area (Å²) >= 11 is 0. The van der Waals surface area contributed by atoms with E-state index in [-0.39, 0.29) is 40.7 Å². The number of aliphatic carboxylic acids is 1. The maximum atomic E-state index is 13.0. The second-order valence-electron chi connectivity index (χ2n) is 12.2. The highest BCUT2D eigenvalue weighted by Gasteiger charge is 2.48. The van der Waals surface area contributed by atoms with Crippen molar-refractivity contribution in [3.8, 4) is 11.8 Å². The molecule has 2 atom stereocenters. The van der Waals surface area contributed by atoms with Gasteiger partial charge in [0.1, 0.15) is 12.1 Å². The molecule has 3 fully saturated rings. The summed E-state index contributed by atoms with van der Waals surface area (Å²) in [4.78, 5) is 64.5. The summed E-state index contributed by atoms with van der Waals surface area (Å²) in [6.07, 6.45) is 4.10. The van der Waals surface area contributed by atoms with Gasteiger partial charge in [-0.2, -0.15) is 0 Å². The Balaban J connectivity index is 1.21. The first-order valence-corrected chi connectivity index (χ1v) is 13.2. The van der Waals surface area contributed by atoms with Gasteiger partial charge in [0.25, 0.3) is 11.8 Å². The molecule has 5 rings (SSSR count). The van der Waals surface area contributed by atoms with Crippen LogP contribution in [0.3, 0.4) is 0 Å². The molecule has 3 heterocycles. The van der Waals surface area contributed by atoms with E-state index in [0.29, 0.717) is 5.56 Å². The smallest absolute Gasteiger partial charge is 0.321 e. The number of hydrogen-bond acceptors (Lipinski definition) is 6. The monoisotopic (exact) mass is 519 g/mol. The number of nitrogens with one attached hydrogen (secondary N) is 1. The maximum Gasteiger partial charge on any atom is 0.321 e. The number of carboxylic acids is 1. The minimum atomic E-state index is -0.985. The third-order valence-electron chi connectivity index (χ3n) is 8.50. The molecule has 3 aliphatic heterocycles. The number of fused-ring (bicyclic) bond motifs is 1. The van der Waals surface area contributed by atoms with Crippen molar-refractivity contribution in [1.29, 1.82) is 0 Å². The van der Waals surface area contributed by atoms with Crippen LogP contribution in [-0.4, -0.2) is 69.7 Å². The van der Waals surface area contributed by atoms with Gasteiger partial charge in [-0.25, -0.2) is 0 Å². The summed E-state index contributed by atoms with van der Waals surface area (Å²) in [5.74, 6) is 3.86. The number of nitrogens with zero attached hydrogens (tertiary/aromatic N) is 2. The van der Waals surface area contributed by atoms with Crippen molar-refractivity contribution in [2.75, 3.05) is 13.1 Å². The van der Waals surface area contributed by atoms with Crippen molar-refractivity contribution < 1.29 is 29.1 Å². The Hall–Kier alpha value is -3.51. The zero-order valence-corrected chi connectivity index (χ0v) is 22.0. The van der Waals surface area contributed by atoms with E-state index in [9.17, 15) is 29.1 Å². The van der Waals surface area contributed by atoms with Gasteiger partial charge in [0, 0.05) is 17.9 Å². The van der Waals surface area contributed by atoms with Crippen LogP contribution in [0, 0.1) is 28.6 Å². The number of imide groups is 2. The van der Waals surface area contributed by atoms with Crippen molar-refractivity contribution in [2.45, 2.75) is 71.4 Å². The largest absolute Gasteiger partial charge is 0.480 e. The lowest BCUT2D eigenvalue weighted by atomic mass is 9.57. The Kier molecular flexibility index (Phi) is 6.42. The number of carbonyl (C=O) groups is 5. The summed E-state index contributed by atoms with van der Waals surface area (Å²) in [6, 6.07) is 3.44. The van der Waals surface area contributed by atoms with Crippen molar-refractivity contribution in [2.24, 2.45) is 16.7 Å². The number of carbonyl (C=O) groups excluding carboxylic acids is 4. The molecule has 1 aromatic rings. The van der Waals surface area contributed by atoms with Crippen LogP contribution in [0.15, 0.2) is 18.2 Å². The van der Waals surface area contributed by atoms with Crippen molar-refractivity contribution >= 4 is 29.6 Å². The highest BCUT2D eigenvalue weighted by Crippen LogP contribution is 2.53. The van der Waals surface area contributed by atoms with Gasteiger partial charge < -0.3 is 5.11 Å². The van der Waals surface area contributed by atoms with E-state index >= 15 is 0 Å². The lowest BCUT2D eigenvalue weighted by Gasteiger charge is -2.52. The first-order chi connectivity index (χ1) is 17.9. The van der Waals surface area contributed by atoms with Crippen LogP contribution in [-0.2, 0) is 14.4 Å². The van der Waals surface area contributed by atoms with Crippen LogP contribution in [0.5, 0.6) is 0 Å². The number of carboxylic acid groups (broad SMARTS) is 1. The molecule has 2 saturated heterocycles. The van der Waals surface area contributed by atoms with E-state index < -0.39 is 41.7 Å². The van der Waals surface area contributed by atoms with Crippen LogP contribution < -0.4 is 5.32 Å². The van der Waals surface area contributed by atoms with Crippen LogP contribution in [0.25, 0.3) is 0 Å². The van der Waals surface area contributed by atoms with Crippen LogP contribution in [0.2, 0.25) is 0 Å². The summed E-state index contributed by atoms with van der Waals surface area (Å²) in [5.41, 5.74) is 1.01. The molecule has 1 aliphatic carbocycles. The van der Waals surface area contributed by atoms with E-state index in [1.54, 1.807) is 18.2 Å². The van der Waals surface area contributed by atoms with E-state index in [4.69, 9.17) is 0 Å². The summed E-state index contributed by atoms with van der Waals surface area (Å²) in [6.45, 7) is 7.47. The highest BCUT2D eigenvalue weighted by molar-refractivity contribution is 6.23. The van der Waals surface area contributed by atoms with Crippen LogP contribution >= 0.6 is 0 Å². The number of hydrogen-bond donors (Lipinski definition) is 2. The molecule has 0 aromatic heterocycles. The van der Waals surface area contributed by atoms with Gasteiger partial charge in [0.05, 0.1) is 11.1 Å². The normalized spacial score (nSPS) is 24.4. The summed E-state index contributed by atoms with van der Waals surface area (Å²) < 4.78 is 0. The van der Waals surface area contributed by atoms with E-state index in [1.165, 1.54) is 0 Å². The standard InChI is InChI=1S/C29H33N3O6/c1-28(2,3)23(27(37)38)31-12-10-29(11-13-31)15-18(16-29)5-4-17-6-7-19-20(14-17)26(36)32(25(19)35)21-8-9-22(33)30-24(21)34/h6-7,14,18,21,23H,8-13,15-16H2,1-3H3,(H,37,38)(H,30,33,34). The molecular weight excluding hydrogens is 486 g/mol. The topological polar surface area (TPSA) is 124 Å². The highest BCUT2D eigenvalue weighted by atomic mass is 16.4. The van der Waals surface area contributed by atoms with Gasteiger partial charge in [-0.05, 0) is 74.2 Å². The van der Waals surface area contributed by atoms with Crippen LogP contribution in [0.1, 0.15) is 85.6 Å². The molecule has 9 heteroatoms. The lowest BCUT2D eigenvalue weighted by Crippen LogP contribution is -2.55. The molecule has 1 saturated carbocycles. The second-order valence-corrected chi connectivity index (χ2v) is 12.2. The minimum Gasteiger partial charge on any atom is -0.480 e. The average molecular weight is 520 g/mol. The van der Waals surface area contributed by atoms with E-state index in [2.05, 4.69) is 22.1 Å². The fourth-order valence-electron chi connectivity index (χ4n) is 6.56. The molecule has 2 unspecified atom stereocenters. The Labute approximate surface area is 221 Å². The minimum absolute atomic E-state index is 0.0815. The third kappa shape index (κ3) is 4.62. The molecule has 38 heavy (non-hydrogen) atoms. The zero-order chi connectivity index (χ0) is 27.4. The fourth-order valence-corrected chi connectivity index (χ4v) is 6.56. The van der Waals surface area contributed by atoms with Gasteiger partial charge in [-0.15, -0.1) is 0 Å². The Morgan fingerprint density at radius 3 is 2.34 bits per heavy atom. The molecule has 0 bridgehead atoms. The number of piperidine rings is 2. The summed E-state index contributed by atoms with van der Waals surface area (Å²) in [7, 11) is 0. The molecule has 1 aromatic carbocycles. The van der Waals surface area contributed by atoms with Gasteiger partial charge in [0.2, 0.25) is 11.8 Å².